The van der Waals surface area contributed by atoms with Gasteiger partial charge in [0.25, 0.3) is 0 Å². The molecule has 6 atom stereocenters. The Morgan fingerprint density at radius 3 is 2.32 bits per heavy atom. The molecule has 1 rings (SSSR count). The van der Waals surface area contributed by atoms with Crippen molar-refractivity contribution < 1.29 is 29.3 Å². The zero-order valence-electron chi connectivity index (χ0n) is 24.2. The first-order valence-corrected chi connectivity index (χ1v) is 13.4. The van der Waals surface area contributed by atoms with E-state index >= 15 is 0 Å². The molecule has 0 spiro atoms. The average molecular weight is 527 g/mol. The molecule has 0 saturated heterocycles. The van der Waals surface area contributed by atoms with Gasteiger partial charge in [0.05, 0.1) is 12.7 Å². The number of carboxylic acid groups (broad SMARTS) is 1. The number of carboxylic acids is 1. The standard InChI is InChI=1S/C32H46O6/c1-21(17-23(3)14-15-32(8)28(33)13-10-16-38-32)11-9-12-22(2)18-25(5)30(36)27(7)31(37)26(6)19-24(4)20-29(34)35/h9-10,12-15,17-18,20-21,25-27,31,37H,11,16,19H2,1-8H3,(H,34,35)/b12-9+,15-14+,22-18+,23-17-,24-20+. The SMILES string of the molecule is CC(=C/C(C)C/C=C/C(C)=C/C(C)C(=O)C(C)C(O)C(C)C/C(C)=C/C(=O)O)/C=C/C1(C)OCC=CC1=O. The Labute approximate surface area is 228 Å². The fourth-order valence-electron chi connectivity index (χ4n) is 4.58. The van der Waals surface area contributed by atoms with E-state index in [9.17, 15) is 19.5 Å². The summed E-state index contributed by atoms with van der Waals surface area (Å²) < 4.78 is 5.61. The molecule has 0 aliphatic carbocycles. The van der Waals surface area contributed by atoms with Crippen LogP contribution >= 0.6 is 0 Å². The number of ether oxygens (including phenoxy) is 1. The molecule has 0 amide bonds. The minimum atomic E-state index is -1.01. The lowest BCUT2D eigenvalue weighted by Gasteiger charge is -2.25. The van der Waals surface area contributed by atoms with Gasteiger partial charge in [-0.1, -0.05) is 80.9 Å². The van der Waals surface area contributed by atoms with E-state index in [-0.39, 0.29) is 29.3 Å². The highest BCUT2D eigenvalue weighted by atomic mass is 16.5. The van der Waals surface area contributed by atoms with E-state index in [1.807, 2.05) is 52.0 Å². The molecule has 1 aliphatic rings. The average Bonchev–Trinajstić information content (AvgIpc) is 2.82. The molecule has 6 heteroatoms. The first-order valence-electron chi connectivity index (χ1n) is 13.4. The zero-order valence-corrected chi connectivity index (χ0v) is 24.2. The Morgan fingerprint density at radius 2 is 1.71 bits per heavy atom. The van der Waals surface area contributed by atoms with E-state index in [4.69, 9.17) is 9.84 Å². The molecule has 0 radical (unpaired) electrons. The molecule has 0 aromatic carbocycles. The molecule has 1 aliphatic heterocycles. The smallest absolute Gasteiger partial charge is 0.328 e. The molecule has 0 saturated carbocycles. The van der Waals surface area contributed by atoms with Crippen molar-refractivity contribution in [3.05, 3.63) is 71.4 Å². The van der Waals surface area contributed by atoms with Crippen molar-refractivity contribution in [3.63, 3.8) is 0 Å². The second kappa shape index (κ2) is 15.6. The number of aliphatic hydroxyl groups excluding tert-OH is 1. The van der Waals surface area contributed by atoms with Crippen LogP contribution < -0.4 is 0 Å². The Hall–Kier alpha value is -2.83. The minimum Gasteiger partial charge on any atom is -0.478 e. The zero-order chi connectivity index (χ0) is 29.0. The molecule has 0 aromatic rings. The molecule has 6 nitrogen and oxygen atoms in total. The lowest BCUT2D eigenvalue weighted by molar-refractivity contribution is -0.132. The summed E-state index contributed by atoms with van der Waals surface area (Å²) in [5.74, 6) is -1.96. The molecule has 0 bridgehead atoms. The molecule has 0 fully saturated rings. The van der Waals surface area contributed by atoms with E-state index in [0.29, 0.717) is 18.6 Å². The highest BCUT2D eigenvalue weighted by Gasteiger charge is 2.31. The third-order valence-electron chi connectivity index (χ3n) is 6.86. The Bertz CT molecular complexity index is 1020. The largest absolute Gasteiger partial charge is 0.478 e. The van der Waals surface area contributed by atoms with E-state index in [1.165, 1.54) is 0 Å². The van der Waals surface area contributed by atoms with Crippen LogP contribution in [0.5, 0.6) is 0 Å². The third-order valence-corrected chi connectivity index (χ3v) is 6.86. The van der Waals surface area contributed by atoms with Gasteiger partial charge in [-0.3, -0.25) is 9.59 Å². The van der Waals surface area contributed by atoms with Crippen LogP contribution in [0.2, 0.25) is 0 Å². The molecule has 6 unspecified atom stereocenters. The number of hydrogen-bond donors (Lipinski definition) is 2. The van der Waals surface area contributed by atoms with Crippen molar-refractivity contribution in [2.24, 2.45) is 23.7 Å². The molecule has 1 heterocycles. The third kappa shape index (κ3) is 11.3. The van der Waals surface area contributed by atoms with Gasteiger partial charge in [0.2, 0.25) is 0 Å². The first kappa shape index (κ1) is 33.2. The number of rotatable bonds is 14. The van der Waals surface area contributed by atoms with E-state index < -0.39 is 23.6 Å². The predicted octanol–water partition coefficient (Wildman–Crippen LogP) is 6.19. The Morgan fingerprint density at radius 1 is 1.08 bits per heavy atom. The maximum absolute atomic E-state index is 12.9. The van der Waals surface area contributed by atoms with Crippen molar-refractivity contribution in [2.45, 2.75) is 79.9 Å². The lowest BCUT2D eigenvalue weighted by atomic mass is 9.83. The summed E-state index contributed by atoms with van der Waals surface area (Å²) in [5.41, 5.74) is 1.78. The number of Topliss-reactive ketones (excluding diaryl/α,β-unsaturated/α-hetero) is 1. The van der Waals surface area contributed by atoms with Crippen molar-refractivity contribution >= 4 is 17.5 Å². The fourth-order valence-corrected chi connectivity index (χ4v) is 4.58. The van der Waals surface area contributed by atoms with Gasteiger partial charge < -0.3 is 14.9 Å². The van der Waals surface area contributed by atoms with Gasteiger partial charge in [-0.05, 0) is 64.5 Å². The molecule has 0 aromatic heterocycles. The number of hydrogen-bond acceptors (Lipinski definition) is 5. The number of ketones is 2. The number of carbonyl (C=O) groups is 3. The van der Waals surface area contributed by atoms with Crippen LogP contribution in [0.4, 0.5) is 0 Å². The van der Waals surface area contributed by atoms with E-state index in [2.05, 4.69) is 19.1 Å². The first-order chi connectivity index (χ1) is 17.7. The quantitative estimate of drug-likeness (QED) is 0.207. The van der Waals surface area contributed by atoms with Crippen LogP contribution in [0.1, 0.15) is 68.2 Å². The molecule has 38 heavy (non-hydrogen) atoms. The van der Waals surface area contributed by atoms with Crippen LogP contribution in [0.25, 0.3) is 0 Å². The van der Waals surface area contributed by atoms with Crippen LogP contribution in [0.3, 0.4) is 0 Å². The van der Waals surface area contributed by atoms with E-state index in [1.54, 1.807) is 32.9 Å². The van der Waals surface area contributed by atoms with Crippen molar-refractivity contribution in [2.75, 3.05) is 6.61 Å². The summed E-state index contributed by atoms with van der Waals surface area (Å²) in [6.07, 6.45) is 16.7. The minimum absolute atomic E-state index is 0.0414. The van der Waals surface area contributed by atoms with Crippen molar-refractivity contribution in [1.82, 2.24) is 0 Å². The van der Waals surface area contributed by atoms with Crippen molar-refractivity contribution in [1.29, 1.82) is 0 Å². The van der Waals surface area contributed by atoms with Gasteiger partial charge in [0, 0.05) is 17.9 Å². The molecular formula is C32H46O6. The maximum atomic E-state index is 12.9. The molecular weight excluding hydrogens is 480 g/mol. The van der Waals surface area contributed by atoms with Crippen LogP contribution in [0, 0.1) is 23.7 Å². The number of carbonyl (C=O) groups excluding carboxylic acids is 2. The molecule has 210 valence electrons. The Balaban J connectivity index is 2.66. The monoisotopic (exact) mass is 526 g/mol. The summed E-state index contributed by atoms with van der Waals surface area (Å²) in [4.78, 5) is 35.8. The van der Waals surface area contributed by atoms with Gasteiger partial charge >= 0.3 is 5.97 Å². The number of aliphatic carboxylic acids is 1. The molecule has 2 N–H and O–H groups in total. The summed E-state index contributed by atoms with van der Waals surface area (Å²) >= 11 is 0. The van der Waals surface area contributed by atoms with E-state index in [0.717, 1.165) is 23.6 Å². The topological polar surface area (TPSA) is 101 Å². The van der Waals surface area contributed by atoms with Gasteiger partial charge in [-0.25, -0.2) is 4.79 Å². The van der Waals surface area contributed by atoms with Crippen LogP contribution in [-0.4, -0.2) is 46.1 Å². The van der Waals surface area contributed by atoms with Crippen molar-refractivity contribution in [3.8, 4) is 0 Å². The lowest BCUT2D eigenvalue weighted by Crippen LogP contribution is -2.37. The number of allylic oxidation sites excluding steroid dienone is 8. The second-order valence-corrected chi connectivity index (χ2v) is 10.9. The maximum Gasteiger partial charge on any atom is 0.328 e. The fraction of sp³-hybridized carbons (Fsp3) is 0.531. The van der Waals surface area contributed by atoms with Gasteiger partial charge in [0.1, 0.15) is 11.4 Å². The highest BCUT2D eigenvalue weighted by molar-refractivity contribution is 5.99. The van der Waals surface area contributed by atoms with Gasteiger partial charge in [-0.2, -0.15) is 0 Å². The predicted molar refractivity (Wildman–Crippen MR) is 153 cm³/mol. The normalized spacial score (nSPS) is 23.5. The van der Waals surface area contributed by atoms with Gasteiger partial charge in [-0.15, -0.1) is 0 Å². The highest BCUT2D eigenvalue weighted by Crippen LogP contribution is 2.24. The second-order valence-electron chi connectivity index (χ2n) is 10.9. The summed E-state index contributed by atoms with van der Waals surface area (Å²) in [5, 5.41) is 19.5. The number of aliphatic hydroxyl groups is 1. The summed E-state index contributed by atoms with van der Waals surface area (Å²) in [6, 6.07) is 0. The van der Waals surface area contributed by atoms with Gasteiger partial charge in [0.15, 0.2) is 5.78 Å². The summed E-state index contributed by atoms with van der Waals surface area (Å²) in [7, 11) is 0. The summed E-state index contributed by atoms with van der Waals surface area (Å²) in [6.45, 7) is 15.4. The Kier molecular flexibility index (Phi) is 13.6. The van der Waals surface area contributed by atoms with Crippen LogP contribution in [0.15, 0.2) is 71.4 Å². The van der Waals surface area contributed by atoms with Crippen LogP contribution in [-0.2, 0) is 19.1 Å².